The Morgan fingerprint density at radius 1 is 1.04 bits per heavy atom. The number of carboxylic acid groups (broad SMARTS) is 1. The number of rotatable bonds is 5. The van der Waals surface area contributed by atoms with E-state index >= 15 is 0 Å². The van der Waals surface area contributed by atoms with Crippen molar-refractivity contribution in [1.82, 2.24) is 0 Å². The molecule has 0 heterocycles. The molecule has 0 radical (unpaired) electrons. The van der Waals surface area contributed by atoms with Crippen LogP contribution in [0, 0.1) is 0 Å². The van der Waals surface area contributed by atoms with Gasteiger partial charge in [-0.2, -0.15) is 8.42 Å². The van der Waals surface area contributed by atoms with Crippen molar-refractivity contribution >= 4 is 22.0 Å². The third-order valence-electron chi connectivity index (χ3n) is 3.08. The number of nitrogens with two attached hydrogens (primary N) is 1. The molecule has 1 unspecified atom stereocenters. The van der Waals surface area contributed by atoms with Gasteiger partial charge in [-0.1, -0.05) is 30.3 Å². The number of carbonyl (C=O) groups is 2. The molecule has 0 aliphatic rings. The normalized spacial score (nSPS) is 11.6. The summed E-state index contributed by atoms with van der Waals surface area (Å²) in [6.07, 6.45) is 0.965. The van der Waals surface area contributed by atoms with E-state index < -0.39 is 27.9 Å². The molecular weight excluding hydrogens is 346 g/mol. The van der Waals surface area contributed by atoms with E-state index in [1.54, 1.807) is 49.4 Å². The second kappa shape index (κ2) is 8.84. The van der Waals surface area contributed by atoms with Crippen LogP contribution in [0.5, 0.6) is 5.75 Å². The first-order valence-corrected chi connectivity index (χ1v) is 8.99. The largest absolute Gasteiger partial charge is 0.478 e. The van der Waals surface area contributed by atoms with E-state index in [4.69, 9.17) is 10.8 Å². The number of aromatic carboxylic acids is 1. The summed E-state index contributed by atoms with van der Waals surface area (Å²) >= 11 is 0. The minimum absolute atomic E-state index is 0.211. The smallest absolute Gasteiger partial charge is 0.335 e. The topological polar surface area (TPSA) is 124 Å². The second-order valence-electron chi connectivity index (χ2n) is 5.15. The lowest BCUT2D eigenvalue weighted by Gasteiger charge is -2.08. The molecule has 8 heteroatoms. The number of amides is 1. The molecule has 2 aromatic rings. The summed E-state index contributed by atoms with van der Waals surface area (Å²) < 4.78 is 26.3. The van der Waals surface area contributed by atoms with Crippen LogP contribution in [0.2, 0.25) is 0 Å². The highest BCUT2D eigenvalue weighted by Gasteiger charge is 2.12. The van der Waals surface area contributed by atoms with Gasteiger partial charge >= 0.3 is 16.1 Å². The zero-order valence-electron chi connectivity index (χ0n) is 13.7. The molecule has 134 valence electrons. The van der Waals surface area contributed by atoms with Crippen LogP contribution in [0.1, 0.15) is 28.8 Å². The van der Waals surface area contributed by atoms with E-state index in [2.05, 4.69) is 4.18 Å². The zero-order chi connectivity index (χ0) is 19.0. The number of carbonyl (C=O) groups excluding carboxylic acids is 1. The summed E-state index contributed by atoms with van der Waals surface area (Å²) in [4.78, 5) is 21.1. The molecule has 1 atom stereocenters. The van der Waals surface area contributed by atoms with Crippen LogP contribution in [0.3, 0.4) is 0 Å². The molecule has 0 aliphatic heterocycles. The van der Waals surface area contributed by atoms with Crippen LogP contribution >= 0.6 is 0 Å². The van der Waals surface area contributed by atoms with Gasteiger partial charge in [0.2, 0.25) is 5.91 Å². The van der Waals surface area contributed by atoms with Gasteiger partial charge in [0, 0.05) is 0 Å². The average molecular weight is 365 g/mol. The molecule has 7 nitrogen and oxygen atoms in total. The molecule has 0 aliphatic carbocycles. The maximum absolute atomic E-state index is 10.9. The number of primary amides is 1. The molecule has 0 spiro atoms. The van der Waals surface area contributed by atoms with E-state index in [-0.39, 0.29) is 5.75 Å². The fraction of sp³-hybridized carbons (Fsp3) is 0.176. The first-order valence-electron chi connectivity index (χ1n) is 7.17. The lowest BCUT2D eigenvalue weighted by molar-refractivity contribution is -0.119. The Labute approximate surface area is 146 Å². The summed E-state index contributed by atoms with van der Waals surface area (Å²) in [5, 5.41) is 8.38. The number of hydrogen-bond acceptors (Lipinski definition) is 5. The van der Waals surface area contributed by atoms with Crippen LogP contribution in [-0.2, 0) is 14.9 Å². The molecule has 1 amide bonds. The van der Waals surface area contributed by atoms with Crippen molar-refractivity contribution < 1.29 is 27.3 Å². The maximum Gasteiger partial charge on any atom is 0.335 e. The quantitative estimate of drug-likeness (QED) is 0.781. The summed E-state index contributed by atoms with van der Waals surface area (Å²) in [5.41, 5.74) is 6.19. The van der Waals surface area contributed by atoms with Crippen molar-refractivity contribution in [1.29, 1.82) is 0 Å². The Morgan fingerprint density at radius 2 is 1.56 bits per heavy atom. The molecule has 0 saturated heterocycles. The van der Waals surface area contributed by atoms with Gasteiger partial charge in [-0.3, -0.25) is 4.79 Å². The van der Waals surface area contributed by atoms with Crippen LogP contribution in [0.15, 0.2) is 54.6 Å². The van der Waals surface area contributed by atoms with E-state index in [0.29, 0.717) is 11.1 Å². The molecular formula is C17H19NO6S. The molecule has 0 saturated carbocycles. The summed E-state index contributed by atoms with van der Waals surface area (Å²) in [6, 6.07) is 14.5. The average Bonchev–Trinajstić information content (AvgIpc) is 2.55. The van der Waals surface area contributed by atoms with Crippen LogP contribution < -0.4 is 9.92 Å². The van der Waals surface area contributed by atoms with Crippen molar-refractivity contribution in [3.8, 4) is 5.75 Å². The Hall–Kier alpha value is -2.87. The molecule has 2 aromatic carbocycles. The number of hydrogen-bond donors (Lipinski definition) is 2. The maximum atomic E-state index is 10.9. The minimum atomic E-state index is -3.52. The van der Waals surface area contributed by atoms with E-state index in [1.165, 1.54) is 12.1 Å². The van der Waals surface area contributed by atoms with Crippen molar-refractivity contribution in [2.24, 2.45) is 5.73 Å². The zero-order valence-corrected chi connectivity index (χ0v) is 14.6. The van der Waals surface area contributed by atoms with Gasteiger partial charge in [0.1, 0.15) is 5.75 Å². The molecule has 0 aromatic heterocycles. The summed E-state index contributed by atoms with van der Waals surface area (Å²) in [7, 11) is -3.52. The lowest BCUT2D eigenvalue weighted by Crippen LogP contribution is -2.18. The van der Waals surface area contributed by atoms with E-state index in [9.17, 15) is 18.0 Å². The summed E-state index contributed by atoms with van der Waals surface area (Å²) in [6.45, 7) is 1.68. The molecule has 0 fully saturated rings. The number of carboxylic acids is 1. The van der Waals surface area contributed by atoms with E-state index in [0.717, 1.165) is 6.26 Å². The molecule has 3 N–H and O–H groups in total. The predicted octanol–water partition coefficient (Wildman–Crippen LogP) is 2.00. The fourth-order valence-corrected chi connectivity index (χ4v) is 2.19. The Kier molecular flexibility index (Phi) is 7.13. The van der Waals surface area contributed by atoms with Crippen molar-refractivity contribution in [3.05, 3.63) is 65.7 Å². The van der Waals surface area contributed by atoms with E-state index in [1.807, 2.05) is 0 Å². The first-order chi connectivity index (χ1) is 11.6. The second-order valence-corrected chi connectivity index (χ2v) is 6.73. The van der Waals surface area contributed by atoms with Gasteiger partial charge in [0.15, 0.2) is 0 Å². The van der Waals surface area contributed by atoms with Gasteiger partial charge in [-0.25, -0.2) is 4.79 Å². The first kappa shape index (κ1) is 20.2. The van der Waals surface area contributed by atoms with Gasteiger partial charge in [0.25, 0.3) is 0 Å². The Balaban J connectivity index is 0.000000293. The fourth-order valence-electron chi connectivity index (χ4n) is 1.73. The standard InChI is InChI=1S/C10H13NO4S.C7H6O2/c1-7(10(11)12)8-3-5-9(6-4-8)15-16(2,13)14;8-7(9)6-4-2-1-3-5-6/h3-7H,1-2H3,(H2,11,12);1-5H,(H,8,9). The van der Waals surface area contributed by atoms with Gasteiger partial charge < -0.3 is 15.0 Å². The predicted molar refractivity (Wildman–Crippen MR) is 92.9 cm³/mol. The van der Waals surface area contributed by atoms with Crippen LogP contribution in [0.25, 0.3) is 0 Å². The van der Waals surface area contributed by atoms with Gasteiger partial charge in [0.05, 0.1) is 17.7 Å². The SMILES string of the molecule is CC(C(N)=O)c1ccc(OS(C)(=O)=O)cc1.O=C(O)c1ccccc1. The Bertz CT molecular complexity index is 816. The molecule has 0 bridgehead atoms. The highest BCUT2D eigenvalue weighted by atomic mass is 32.2. The summed E-state index contributed by atoms with van der Waals surface area (Å²) in [5.74, 6) is -1.51. The van der Waals surface area contributed by atoms with Crippen molar-refractivity contribution in [2.45, 2.75) is 12.8 Å². The van der Waals surface area contributed by atoms with Crippen molar-refractivity contribution in [3.63, 3.8) is 0 Å². The Morgan fingerprint density at radius 3 is 1.92 bits per heavy atom. The van der Waals surface area contributed by atoms with Gasteiger partial charge in [-0.05, 0) is 36.8 Å². The molecule has 2 rings (SSSR count). The van der Waals surface area contributed by atoms with Crippen molar-refractivity contribution in [2.75, 3.05) is 6.26 Å². The van der Waals surface area contributed by atoms with Crippen LogP contribution in [-0.4, -0.2) is 31.7 Å². The lowest BCUT2D eigenvalue weighted by atomic mass is 10.0. The third-order valence-corrected chi connectivity index (χ3v) is 3.57. The molecule has 25 heavy (non-hydrogen) atoms. The monoisotopic (exact) mass is 365 g/mol. The minimum Gasteiger partial charge on any atom is -0.478 e. The third kappa shape index (κ3) is 7.49. The van der Waals surface area contributed by atoms with Crippen LogP contribution in [0.4, 0.5) is 0 Å². The van der Waals surface area contributed by atoms with Gasteiger partial charge in [-0.15, -0.1) is 0 Å². The highest BCUT2D eigenvalue weighted by molar-refractivity contribution is 7.86. The highest BCUT2D eigenvalue weighted by Crippen LogP contribution is 2.19. The number of benzene rings is 2.